The quantitative estimate of drug-likeness (QED) is 0.901. The predicted molar refractivity (Wildman–Crippen MR) is 79.8 cm³/mol. The SMILES string of the molecule is CNc1cc(C(=O)N2CCC3(CCCC3)CC2)ccn1. The number of likely N-dealkylation sites (tertiary alicyclic amines) is 1. The summed E-state index contributed by atoms with van der Waals surface area (Å²) in [4.78, 5) is 18.7. The van der Waals surface area contributed by atoms with Crippen molar-refractivity contribution < 1.29 is 4.79 Å². The van der Waals surface area contributed by atoms with E-state index in [1.165, 1.54) is 38.5 Å². The lowest BCUT2D eigenvalue weighted by Gasteiger charge is -2.39. The molecule has 2 fully saturated rings. The fourth-order valence-electron chi connectivity index (χ4n) is 3.69. The van der Waals surface area contributed by atoms with E-state index in [0.29, 0.717) is 5.41 Å². The first kappa shape index (κ1) is 13.4. The molecule has 1 aromatic heterocycles. The van der Waals surface area contributed by atoms with Gasteiger partial charge in [-0.3, -0.25) is 4.79 Å². The van der Waals surface area contributed by atoms with Crippen LogP contribution in [0.5, 0.6) is 0 Å². The Hall–Kier alpha value is -1.58. The Kier molecular flexibility index (Phi) is 3.64. The summed E-state index contributed by atoms with van der Waals surface area (Å²) in [7, 11) is 1.82. The van der Waals surface area contributed by atoms with Crippen LogP contribution in [0.15, 0.2) is 18.3 Å². The van der Waals surface area contributed by atoms with E-state index in [2.05, 4.69) is 10.3 Å². The van der Waals surface area contributed by atoms with E-state index in [-0.39, 0.29) is 5.91 Å². The number of anilines is 1. The van der Waals surface area contributed by atoms with Crippen molar-refractivity contribution in [3.05, 3.63) is 23.9 Å². The van der Waals surface area contributed by atoms with Crippen LogP contribution < -0.4 is 5.32 Å². The van der Waals surface area contributed by atoms with Crippen molar-refractivity contribution in [3.8, 4) is 0 Å². The Balaban J connectivity index is 1.66. The third-order valence-corrected chi connectivity index (χ3v) is 5.04. The molecule has 1 aromatic rings. The molecular weight excluding hydrogens is 250 g/mol. The maximum atomic E-state index is 12.5. The highest BCUT2D eigenvalue weighted by Gasteiger charge is 2.38. The number of carbonyl (C=O) groups excluding carboxylic acids is 1. The van der Waals surface area contributed by atoms with Crippen LogP contribution in [0.3, 0.4) is 0 Å². The summed E-state index contributed by atoms with van der Waals surface area (Å²) in [6.07, 6.45) is 9.56. The average Bonchev–Trinajstić information content (AvgIpc) is 2.96. The number of piperidine rings is 1. The molecular formula is C16H23N3O. The second kappa shape index (κ2) is 5.43. The summed E-state index contributed by atoms with van der Waals surface area (Å²) in [5.74, 6) is 0.900. The molecule has 1 N–H and O–H groups in total. The fraction of sp³-hybridized carbons (Fsp3) is 0.625. The van der Waals surface area contributed by atoms with E-state index >= 15 is 0 Å². The van der Waals surface area contributed by atoms with Gasteiger partial charge in [-0.25, -0.2) is 4.98 Å². The Labute approximate surface area is 120 Å². The number of nitrogens with zero attached hydrogens (tertiary/aromatic N) is 2. The van der Waals surface area contributed by atoms with E-state index in [4.69, 9.17) is 0 Å². The molecule has 3 rings (SSSR count). The van der Waals surface area contributed by atoms with Gasteiger partial charge in [-0.1, -0.05) is 12.8 Å². The Bertz CT molecular complexity index is 484. The first-order chi connectivity index (χ1) is 9.72. The van der Waals surface area contributed by atoms with E-state index in [1.54, 1.807) is 6.20 Å². The molecule has 0 aromatic carbocycles. The smallest absolute Gasteiger partial charge is 0.254 e. The number of amides is 1. The summed E-state index contributed by atoms with van der Waals surface area (Å²) in [5, 5.41) is 2.98. The van der Waals surface area contributed by atoms with Crippen molar-refractivity contribution >= 4 is 11.7 Å². The van der Waals surface area contributed by atoms with Gasteiger partial charge in [0.1, 0.15) is 5.82 Å². The summed E-state index contributed by atoms with van der Waals surface area (Å²) in [5.41, 5.74) is 1.30. The molecule has 108 valence electrons. The summed E-state index contributed by atoms with van der Waals surface area (Å²) in [6.45, 7) is 1.83. The van der Waals surface area contributed by atoms with Gasteiger partial charge < -0.3 is 10.2 Å². The van der Waals surface area contributed by atoms with Gasteiger partial charge in [0.25, 0.3) is 5.91 Å². The molecule has 0 radical (unpaired) electrons. The first-order valence-corrected chi connectivity index (χ1v) is 7.66. The van der Waals surface area contributed by atoms with Crippen LogP contribution in [0.4, 0.5) is 5.82 Å². The van der Waals surface area contributed by atoms with Crippen LogP contribution in [0.25, 0.3) is 0 Å². The van der Waals surface area contributed by atoms with Gasteiger partial charge in [0.05, 0.1) is 0 Å². The molecule has 1 saturated heterocycles. The van der Waals surface area contributed by atoms with Crippen molar-refractivity contribution in [1.29, 1.82) is 0 Å². The van der Waals surface area contributed by atoms with Crippen molar-refractivity contribution in [2.24, 2.45) is 5.41 Å². The number of hydrogen-bond donors (Lipinski definition) is 1. The maximum absolute atomic E-state index is 12.5. The standard InChI is InChI=1S/C16H23N3O/c1-17-14-12-13(4-9-18-14)15(20)19-10-7-16(8-11-19)5-2-3-6-16/h4,9,12H,2-3,5-8,10-11H2,1H3,(H,17,18). The van der Waals surface area contributed by atoms with E-state index in [9.17, 15) is 4.79 Å². The van der Waals surface area contributed by atoms with Crippen molar-refractivity contribution in [1.82, 2.24) is 9.88 Å². The maximum Gasteiger partial charge on any atom is 0.254 e. The molecule has 4 heteroatoms. The minimum atomic E-state index is 0.150. The lowest BCUT2D eigenvalue weighted by atomic mass is 9.77. The number of carbonyl (C=O) groups is 1. The normalized spacial score (nSPS) is 21.1. The second-order valence-corrected chi connectivity index (χ2v) is 6.18. The van der Waals surface area contributed by atoms with Crippen LogP contribution in [-0.4, -0.2) is 35.9 Å². The van der Waals surface area contributed by atoms with Gasteiger partial charge >= 0.3 is 0 Å². The van der Waals surface area contributed by atoms with Crippen LogP contribution in [0.1, 0.15) is 48.9 Å². The predicted octanol–water partition coefficient (Wildman–Crippen LogP) is 2.92. The summed E-state index contributed by atoms with van der Waals surface area (Å²) < 4.78 is 0. The van der Waals surface area contributed by atoms with Crippen LogP contribution >= 0.6 is 0 Å². The van der Waals surface area contributed by atoms with E-state index in [0.717, 1.165) is 24.5 Å². The second-order valence-electron chi connectivity index (χ2n) is 6.18. The minimum Gasteiger partial charge on any atom is -0.373 e. The lowest BCUT2D eigenvalue weighted by molar-refractivity contribution is 0.0587. The minimum absolute atomic E-state index is 0.150. The van der Waals surface area contributed by atoms with Crippen LogP contribution in [0.2, 0.25) is 0 Å². The summed E-state index contributed by atoms with van der Waals surface area (Å²) >= 11 is 0. The van der Waals surface area contributed by atoms with E-state index < -0.39 is 0 Å². The van der Waals surface area contributed by atoms with Gasteiger partial charge in [-0.15, -0.1) is 0 Å². The molecule has 0 bridgehead atoms. The zero-order chi connectivity index (χ0) is 14.0. The molecule has 0 unspecified atom stereocenters. The molecule has 2 heterocycles. The van der Waals surface area contributed by atoms with Gasteiger partial charge in [0, 0.05) is 31.9 Å². The highest BCUT2D eigenvalue weighted by atomic mass is 16.2. The Morgan fingerprint density at radius 3 is 2.60 bits per heavy atom. The lowest BCUT2D eigenvalue weighted by Crippen LogP contribution is -2.42. The molecule has 1 aliphatic carbocycles. The highest BCUT2D eigenvalue weighted by molar-refractivity contribution is 5.94. The Morgan fingerprint density at radius 2 is 1.95 bits per heavy atom. The first-order valence-electron chi connectivity index (χ1n) is 7.66. The number of hydrogen-bond acceptors (Lipinski definition) is 3. The van der Waals surface area contributed by atoms with Gasteiger partial charge in [0.15, 0.2) is 0 Å². The van der Waals surface area contributed by atoms with Gasteiger partial charge in [-0.2, -0.15) is 0 Å². The van der Waals surface area contributed by atoms with Crippen molar-refractivity contribution in [2.45, 2.75) is 38.5 Å². The average molecular weight is 273 g/mol. The topological polar surface area (TPSA) is 45.2 Å². The van der Waals surface area contributed by atoms with Crippen molar-refractivity contribution in [3.63, 3.8) is 0 Å². The van der Waals surface area contributed by atoms with Gasteiger partial charge in [0.2, 0.25) is 0 Å². The molecule has 1 aliphatic heterocycles. The van der Waals surface area contributed by atoms with Gasteiger partial charge in [-0.05, 0) is 43.2 Å². The number of pyridine rings is 1. The molecule has 1 amide bonds. The fourth-order valence-corrected chi connectivity index (χ4v) is 3.69. The molecule has 20 heavy (non-hydrogen) atoms. The zero-order valence-electron chi connectivity index (χ0n) is 12.2. The number of aromatic nitrogens is 1. The zero-order valence-corrected chi connectivity index (χ0v) is 12.2. The molecule has 1 spiro atoms. The third kappa shape index (κ3) is 2.51. The van der Waals surface area contributed by atoms with E-state index in [1.807, 2.05) is 24.1 Å². The van der Waals surface area contributed by atoms with Crippen LogP contribution in [-0.2, 0) is 0 Å². The number of rotatable bonds is 2. The molecule has 1 saturated carbocycles. The number of nitrogens with one attached hydrogen (secondary N) is 1. The van der Waals surface area contributed by atoms with Crippen molar-refractivity contribution in [2.75, 3.05) is 25.5 Å². The Morgan fingerprint density at radius 1 is 1.25 bits per heavy atom. The van der Waals surface area contributed by atoms with Crippen LogP contribution in [0, 0.1) is 5.41 Å². The molecule has 0 atom stereocenters. The largest absolute Gasteiger partial charge is 0.373 e. The molecule has 4 nitrogen and oxygen atoms in total. The highest BCUT2D eigenvalue weighted by Crippen LogP contribution is 2.46. The summed E-state index contributed by atoms with van der Waals surface area (Å²) in [6, 6.07) is 3.64. The monoisotopic (exact) mass is 273 g/mol. The molecule has 2 aliphatic rings. The third-order valence-electron chi connectivity index (χ3n) is 5.04.